The number of carboxylic acids is 1. The van der Waals surface area contributed by atoms with Crippen molar-refractivity contribution in [2.45, 2.75) is 33.6 Å². The molecule has 0 spiro atoms. The van der Waals surface area contributed by atoms with E-state index in [1.807, 2.05) is 0 Å². The van der Waals surface area contributed by atoms with Crippen LogP contribution < -0.4 is 0 Å². The Morgan fingerprint density at radius 3 is 1.64 bits per heavy atom. The number of ketones is 2. The summed E-state index contributed by atoms with van der Waals surface area (Å²) in [6.07, 6.45) is -0.627. The number of carbonyl (C=O) groups is 3. The highest BCUT2D eigenvalue weighted by atomic mass is 19.1. The number of aryl methyl sites for hydroxylation is 1. The average molecular weight is 398 g/mol. The smallest absolute Gasteiger partial charge is 0.338 e. The van der Waals surface area contributed by atoms with Gasteiger partial charge >= 0.3 is 5.97 Å². The van der Waals surface area contributed by atoms with Crippen molar-refractivity contribution in [1.29, 1.82) is 0 Å². The molecule has 28 heavy (non-hydrogen) atoms. The number of hydrogen-bond donors (Lipinski definition) is 1. The van der Waals surface area contributed by atoms with Crippen LogP contribution in [-0.2, 0) is 22.4 Å². The topological polar surface area (TPSA) is 71.4 Å². The molecule has 0 heterocycles. The highest BCUT2D eigenvalue weighted by Gasteiger charge is 2.18. The number of aromatic carboxylic acids is 1. The first kappa shape index (κ1) is 23.0. The van der Waals surface area contributed by atoms with Crippen LogP contribution in [-0.4, -0.2) is 22.6 Å². The van der Waals surface area contributed by atoms with Gasteiger partial charge in [0.25, 0.3) is 0 Å². The summed E-state index contributed by atoms with van der Waals surface area (Å²) in [5, 5.41) is 8.57. The highest BCUT2D eigenvalue weighted by molar-refractivity contribution is 5.88. The molecule has 0 fully saturated rings. The third-order valence-corrected chi connectivity index (χ3v) is 3.65. The van der Waals surface area contributed by atoms with Gasteiger partial charge in [-0.05, 0) is 44.5 Å². The molecule has 0 unspecified atom stereocenters. The van der Waals surface area contributed by atoms with Gasteiger partial charge in [0.1, 0.15) is 34.8 Å². The lowest BCUT2D eigenvalue weighted by molar-refractivity contribution is -0.117. The summed E-state index contributed by atoms with van der Waals surface area (Å²) < 4.78 is 52.7. The largest absolute Gasteiger partial charge is 0.478 e. The second kappa shape index (κ2) is 9.77. The summed E-state index contributed by atoms with van der Waals surface area (Å²) in [6, 6.07) is 4.20. The van der Waals surface area contributed by atoms with Crippen molar-refractivity contribution in [3.63, 3.8) is 0 Å². The van der Waals surface area contributed by atoms with Gasteiger partial charge in [-0.15, -0.1) is 0 Å². The molecule has 2 aromatic rings. The first-order valence-electron chi connectivity index (χ1n) is 8.08. The Labute approximate surface area is 158 Å². The quantitative estimate of drug-likeness (QED) is 0.767. The van der Waals surface area contributed by atoms with E-state index in [1.54, 1.807) is 6.92 Å². The zero-order chi connectivity index (χ0) is 21.6. The summed E-state index contributed by atoms with van der Waals surface area (Å²) in [4.78, 5) is 31.9. The fourth-order valence-electron chi connectivity index (χ4n) is 2.30. The molecular weight excluding hydrogens is 380 g/mol. The van der Waals surface area contributed by atoms with Gasteiger partial charge in [0.15, 0.2) is 0 Å². The summed E-state index contributed by atoms with van der Waals surface area (Å²) >= 11 is 0. The van der Waals surface area contributed by atoms with Crippen LogP contribution in [0.2, 0.25) is 0 Å². The standard InChI is InChI=1S/C10H8F2O3.C10H10F2O/c1-5(13)4-7-8(11)3-2-6(9(7)12)10(14)15;1-6-3-4-9(11)8(10(6)12)5-7(2)13/h2-3H,4H2,1H3,(H,14,15);3-4H,5H2,1-2H3. The van der Waals surface area contributed by atoms with Crippen molar-refractivity contribution in [3.8, 4) is 0 Å². The molecule has 0 aliphatic carbocycles. The molecule has 0 aromatic heterocycles. The van der Waals surface area contributed by atoms with Gasteiger partial charge < -0.3 is 5.11 Å². The molecule has 150 valence electrons. The van der Waals surface area contributed by atoms with Gasteiger partial charge in [-0.3, -0.25) is 9.59 Å². The highest BCUT2D eigenvalue weighted by Crippen LogP contribution is 2.18. The van der Waals surface area contributed by atoms with Gasteiger partial charge in [-0.25, -0.2) is 22.4 Å². The molecular formula is C20H18F4O4. The maximum absolute atomic E-state index is 13.4. The number of Topliss-reactive ketones (excluding diaryl/α,β-unsaturated/α-hetero) is 2. The van der Waals surface area contributed by atoms with E-state index in [4.69, 9.17) is 5.11 Å². The SMILES string of the molecule is CC(=O)Cc1c(F)ccc(C(=O)O)c1F.CC(=O)Cc1c(F)ccc(C)c1F. The van der Waals surface area contributed by atoms with Crippen LogP contribution in [0.15, 0.2) is 24.3 Å². The van der Waals surface area contributed by atoms with Crippen molar-refractivity contribution in [2.24, 2.45) is 0 Å². The van der Waals surface area contributed by atoms with Crippen molar-refractivity contribution < 1.29 is 37.1 Å². The Hall–Kier alpha value is -3.03. The number of halogens is 4. The molecule has 0 saturated heterocycles. The van der Waals surface area contributed by atoms with Crippen LogP contribution in [0.25, 0.3) is 0 Å². The first-order valence-corrected chi connectivity index (χ1v) is 8.08. The van der Waals surface area contributed by atoms with E-state index in [-0.39, 0.29) is 17.8 Å². The molecule has 4 nitrogen and oxygen atoms in total. The Morgan fingerprint density at radius 1 is 0.786 bits per heavy atom. The van der Waals surface area contributed by atoms with Crippen LogP contribution in [0.5, 0.6) is 0 Å². The van der Waals surface area contributed by atoms with E-state index in [2.05, 4.69) is 0 Å². The number of rotatable bonds is 5. The van der Waals surface area contributed by atoms with E-state index in [1.165, 1.54) is 26.0 Å². The fourth-order valence-corrected chi connectivity index (χ4v) is 2.30. The molecule has 0 radical (unpaired) electrons. The van der Waals surface area contributed by atoms with Crippen molar-refractivity contribution in [2.75, 3.05) is 0 Å². The monoisotopic (exact) mass is 398 g/mol. The van der Waals surface area contributed by atoms with E-state index < -0.39 is 52.6 Å². The summed E-state index contributed by atoms with van der Waals surface area (Å²) in [5.74, 6) is -5.53. The minimum absolute atomic E-state index is 0.132. The Balaban J connectivity index is 0.000000283. The van der Waals surface area contributed by atoms with Crippen LogP contribution in [0, 0.1) is 30.2 Å². The summed E-state index contributed by atoms with van der Waals surface area (Å²) in [6.45, 7) is 4.02. The van der Waals surface area contributed by atoms with Gasteiger partial charge in [0, 0.05) is 24.0 Å². The van der Waals surface area contributed by atoms with Gasteiger partial charge in [0.05, 0.1) is 5.56 Å². The maximum atomic E-state index is 13.4. The number of benzene rings is 2. The first-order chi connectivity index (χ1) is 13.0. The van der Waals surface area contributed by atoms with Crippen LogP contribution in [0.1, 0.15) is 40.9 Å². The molecule has 0 amide bonds. The number of hydrogen-bond acceptors (Lipinski definition) is 3. The number of carbonyl (C=O) groups excluding carboxylic acids is 2. The van der Waals surface area contributed by atoms with E-state index in [0.29, 0.717) is 5.56 Å². The van der Waals surface area contributed by atoms with Crippen molar-refractivity contribution in [1.82, 2.24) is 0 Å². The van der Waals surface area contributed by atoms with Crippen molar-refractivity contribution in [3.05, 3.63) is 69.8 Å². The predicted octanol–water partition coefficient (Wildman–Crippen LogP) is 4.20. The lowest BCUT2D eigenvalue weighted by atomic mass is 10.0. The average Bonchev–Trinajstić information content (AvgIpc) is 2.58. The van der Waals surface area contributed by atoms with Crippen LogP contribution in [0.3, 0.4) is 0 Å². The van der Waals surface area contributed by atoms with Crippen molar-refractivity contribution >= 4 is 17.5 Å². The normalized spacial score (nSPS) is 10.1. The molecule has 1 N–H and O–H groups in total. The Bertz CT molecular complexity index is 923. The Kier molecular flexibility index (Phi) is 8.03. The summed E-state index contributed by atoms with van der Waals surface area (Å²) in [5.41, 5.74) is -0.903. The maximum Gasteiger partial charge on any atom is 0.338 e. The second-order valence-corrected chi connectivity index (χ2v) is 6.11. The van der Waals surface area contributed by atoms with E-state index in [9.17, 15) is 31.9 Å². The van der Waals surface area contributed by atoms with Gasteiger partial charge in [-0.1, -0.05) is 6.07 Å². The Morgan fingerprint density at radius 2 is 1.21 bits per heavy atom. The minimum Gasteiger partial charge on any atom is -0.478 e. The van der Waals surface area contributed by atoms with E-state index in [0.717, 1.165) is 12.1 Å². The van der Waals surface area contributed by atoms with E-state index >= 15 is 0 Å². The minimum atomic E-state index is -1.49. The lowest BCUT2D eigenvalue weighted by Gasteiger charge is -2.05. The zero-order valence-electron chi connectivity index (χ0n) is 15.4. The molecule has 2 rings (SSSR count). The molecule has 0 saturated carbocycles. The van der Waals surface area contributed by atoms with Crippen LogP contribution in [0.4, 0.5) is 17.6 Å². The molecule has 0 bridgehead atoms. The van der Waals surface area contributed by atoms with Gasteiger partial charge in [0.2, 0.25) is 0 Å². The third-order valence-electron chi connectivity index (χ3n) is 3.65. The summed E-state index contributed by atoms with van der Waals surface area (Å²) in [7, 11) is 0. The number of carboxylic acid groups (broad SMARTS) is 1. The predicted molar refractivity (Wildman–Crippen MR) is 93.2 cm³/mol. The van der Waals surface area contributed by atoms with Gasteiger partial charge in [-0.2, -0.15) is 0 Å². The second-order valence-electron chi connectivity index (χ2n) is 6.11. The molecule has 2 aromatic carbocycles. The molecule has 8 heteroatoms. The molecule has 0 atom stereocenters. The van der Waals surface area contributed by atoms with Crippen LogP contribution >= 0.6 is 0 Å². The molecule has 0 aliphatic heterocycles. The third kappa shape index (κ3) is 6.00. The fraction of sp³-hybridized carbons (Fsp3) is 0.250. The lowest BCUT2D eigenvalue weighted by Crippen LogP contribution is -2.09. The molecule has 0 aliphatic rings. The zero-order valence-corrected chi connectivity index (χ0v) is 15.4.